The lowest BCUT2D eigenvalue weighted by molar-refractivity contribution is -0.167. The Morgan fingerprint density at radius 2 is 1.85 bits per heavy atom. The maximum atomic E-state index is 11.8. The van der Waals surface area contributed by atoms with Gasteiger partial charge in [0.05, 0.1) is 18.9 Å². The number of unbranched alkanes of at least 4 members (excludes halogenated alkanes) is 1. The number of carbonyl (C=O) groups excluding carboxylic acids is 1. The molecule has 0 saturated heterocycles. The number of ether oxygens (including phenoxy) is 1. The van der Waals surface area contributed by atoms with E-state index in [1.54, 1.807) is 0 Å². The van der Waals surface area contributed by atoms with Crippen molar-refractivity contribution in [3.8, 4) is 0 Å². The lowest BCUT2D eigenvalue weighted by Gasteiger charge is -2.62. The van der Waals surface area contributed by atoms with Gasteiger partial charge in [-0.25, -0.2) is 0 Å². The number of esters is 1. The van der Waals surface area contributed by atoms with Crippen LogP contribution in [-0.2, 0) is 16.1 Å². The molecule has 6 nitrogen and oxygen atoms in total. The quantitative estimate of drug-likeness (QED) is 0.208. The SMILES string of the molecule is COC(=O)CC[C@@H](C)C1CCC2C3C(CC[C@@]21C)[C@@]1(C)CC[C@@H](NCCCCNCc2ccccn2)CC1C[C@H]3O. The summed E-state index contributed by atoms with van der Waals surface area (Å²) in [6, 6.07) is 6.67. The van der Waals surface area contributed by atoms with Crippen molar-refractivity contribution >= 4 is 5.97 Å². The highest BCUT2D eigenvalue weighted by Gasteiger charge is 2.62. The highest BCUT2D eigenvalue weighted by atomic mass is 16.5. The molecule has 4 fully saturated rings. The molecule has 0 amide bonds. The average molecular weight is 568 g/mol. The Balaban J connectivity index is 1.10. The number of aromatic nitrogens is 1. The number of hydrogen-bond donors (Lipinski definition) is 3. The number of fused-ring (bicyclic) bond motifs is 5. The first-order chi connectivity index (χ1) is 19.8. The van der Waals surface area contributed by atoms with Gasteiger partial charge in [-0.1, -0.05) is 26.8 Å². The van der Waals surface area contributed by atoms with E-state index in [9.17, 15) is 9.90 Å². The molecule has 4 aliphatic carbocycles. The van der Waals surface area contributed by atoms with E-state index < -0.39 is 0 Å². The van der Waals surface area contributed by atoms with E-state index >= 15 is 0 Å². The van der Waals surface area contributed by atoms with Crippen LogP contribution in [0, 0.1) is 46.3 Å². The van der Waals surface area contributed by atoms with Gasteiger partial charge in [0, 0.05) is 25.2 Å². The summed E-state index contributed by atoms with van der Waals surface area (Å²) >= 11 is 0. The zero-order valence-electron chi connectivity index (χ0n) is 26.2. The van der Waals surface area contributed by atoms with Gasteiger partial charge in [-0.05, 0) is 142 Å². The number of aliphatic hydroxyl groups is 1. The third-order valence-electron chi connectivity index (χ3n) is 12.7. The first-order valence-electron chi connectivity index (χ1n) is 16.8. The van der Waals surface area contributed by atoms with Crippen molar-refractivity contribution in [1.29, 1.82) is 0 Å². The smallest absolute Gasteiger partial charge is 0.305 e. The Kier molecular flexibility index (Phi) is 10.1. The predicted molar refractivity (Wildman–Crippen MR) is 164 cm³/mol. The second-order valence-electron chi connectivity index (χ2n) is 14.7. The van der Waals surface area contributed by atoms with Gasteiger partial charge in [0.2, 0.25) is 0 Å². The molecule has 4 saturated carbocycles. The van der Waals surface area contributed by atoms with Crippen LogP contribution >= 0.6 is 0 Å². The molecule has 3 N–H and O–H groups in total. The van der Waals surface area contributed by atoms with Crippen molar-refractivity contribution < 1.29 is 14.6 Å². The Labute approximate surface area is 249 Å². The van der Waals surface area contributed by atoms with Gasteiger partial charge in [-0.3, -0.25) is 9.78 Å². The largest absolute Gasteiger partial charge is 0.469 e. The molecule has 0 radical (unpaired) electrons. The molecule has 5 rings (SSSR count). The number of hydrogen-bond acceptors (Lipinski definition) is 6. The van der Waals surface area contributed by atoms with Gasteiger partial charge in [0.1, 0.15) is 0 Å². The fourth-order valence-corrected chi connectivity index (χ4v) is 10.4. The summed E-state index contributed by atoms with van der Waals surface area (Å²) in [5.74, 6) is 3.47. The molecule has 1 aromatic heterocycles. The number of pyridine rings is 1. The molecule has 1 heterocycles. The van der Waals surface area contributed by atoms with Crippen molar-refractivity contribution in [2.24, 2.45) is 46.3 Å². The van der Waals surface area contributed by atoms with Crippen LogP contribution in [0.3, 0.4) is 0 Å². The van der Waals surface area contributed by atoms with E-state index in [0.29, 0.717) is 58.8 Å². The van der Waals surface area contributed by atoms with Crippen LogP contribution in [0.15, 0.2) is 24.4 Å². The summed E-state index contributed by atoms with van der Waals surface area (Å²) in [6.07, 6.45) is 15.4. The predicted octanol–water partition coefficient (Wildman–Crippen LogP) is 6.13. The highest BCUT2D eigenvalue weighted by molar-refractivity contribution is 5.69. The minimum absolute atomic E-state index is 0.0827. The van der Waals surface area contributed by atoms with Crippen LogP contribution in [0.5, 0.6) is 0 Å². The van der Waals surface area contributed by atoms with E-state index in [1.165, 1.54) is 64.9 Å². The molecule has 6 heteroatoms. The summed E-state index contributed by atoms with van der Waals surface area (Å²) in [7, 11) is 1.49. The summed E-state index contributed by atoms with van der Waals surface area (Å²) in [6.45, 7) is 10.5. The second-order valence-corrected chi connectivity index (χ2v) is 14.7. The maximum absolute atomic E-state index is 11.8. The highest BCUT2D eigenvalue weighted by Crippen LogP contribution is 2.68. The Morgan fingerprint density at radius 3 is 2.63 bits per heavy atom. The molecule has 5 unspecified atom stereocenters. The van der Waals surface area contributed by atoms with Crippen molar-refractivity contribution in [2.75, 3.05) is 20.2 Å². The minimum atomic E-state index is -0.157. The van der Waals surface area contributed by atoms with Crippen LogP contribution in [0.4, 0.5) is 0 Å². The fourth-order valence-electron chi connectivity index (χ4n) is 10.4. The number of rotatable bonds is 12. The lowest BCUT2D eigenvalue weighted by Crippen LogP contribution is -2.59. The second kappa shape index (κ2) is 13.4. The third-order valence-corrected chi connectivity index (χ3v) is 12.7. The van der Waals surface area contributed by atoms with Gasteiger partial charge >= 0.3 is 5.97 Å². The molecule has 1 aromatic rings. The summed E-state index contributed by atoms with van der Waals surface area (Å²) in [5.41, 5.74) is 1.77. The minimum Gasteiger partial charge on any atom is -0.469 e. The number of nitrogens with one attached hydrogen (secondary N) is 2. The fraction of sp³-hybridized carbons (Fsp3) is 0.829. The number of aliphatic hydroxyl groups excluding tert-OH is 1. The third kappa shape index (κ3) is 6.55. The molecule has 10 atom stereocenters. The van der Waals surface area contributed by atoms with Gasteiger partial charge in [-0.15, -0.1) is 0 Å². The summed E-state index contributed by atoms with van der Waals surface area (Å²) in [4.78, 5) is 16.2. The molecular formula is C35H57N3O3. The van der Waals surface area contributed by atoms with Crippen LogP contribution < -0.4 is 10.6 Å². The van der Waals surface area contributed by atoms with Crippen molar-refractivity contribution in [2.45, 2.75) is 117 Å². The van der Waals surface area contributed by atoms with Gasteiger partial charge in [0.15, 0.2) is 0 Å². The van der Waals surface area contributed by atoms with Gasteiger partial charge in [0.25, 0.3) is 0 Å². The van der Waals surface area contributed by atoms with E-state index in [4.69, 9.17) is 4.74 Å². The molecule has 4 aliphatic rings. The normalized spacial score (nSPS) is 38.9. The van der Waals surface area contributed by atoms with E-state index in [1.807, 2.05) is 18.3 Å². The molecule has 230 valence electrons. The van der Waals surface area contributed by atoms with Gasteiger partial charge in [-0.2, -0.15) is 0 Å². The maximum Gasteiger partial charge on any atom is 0.305 e. The van der Waals surface area contributed by atoms with Crippen LogP contribution in [0.2, 0.25) is 0 Å². The van der Waals surface area contributed by atoms with Crippen molar-refractivity contribution in [3.05, 3.63) is 30.1 Å². The monoisotopic (exact) mass is 567 g/mol. The van der Waals surface area contributed by atoms with E-state index in [0.717, 1.165) is 38.2 Å². The number of methoxy groups -OCH3 is 1. The Morgan fingerprint density at radius 1 is 1.07 bits per heavy atom. The first kappa shape index (κ1) is 30.9. The zero-order chi connectivity index (χ0) is 29.0. The number of carbonyl (C=O) groups is 1. The van der Waals surface area contributed by atoms with E-state index in [2.05, 4.69) is 42.5 Å². The summed E-state index contributed by atoms with van der Waals surface area (Å²) in [5, 5.41) is 19.1. The van der Waals surface area contributed by atoms with Crippen molar-refractivity contribution in [3.63, 3.8) is 0 Å². The molecular weight excluding hydrogens is 510 g/mol. The molecule has 0 bridgehead atoms. The van der Waals surface area contributed by atoms with Crippen molar-refractivity contribution in [1.82, 2.24) is 15.6 Å². The molecule has 41 heavy (non-hydrogen) atoms. The van der Waals surface area contributed by atoms with Crippen LogP contribution in [0.25, 0.3) is 0 Å². The Hall–Kier alpha value is -1.50. The number of nitrogens with zero attached hydrogens (tertiary/aromatic N) is 1. The standard InChI is InChI=1S/C35H57N3O3/c1-24(10-13-32(40)41-4)28-11-12-29-33-30(15-17-35(28,29)3)34(2)16-14-26(21-25(34)22-31(33)39)37-20-8-7-18-36-23-27-9-5-6-19-38-27/h5-6,9,19,24-26,28-31,33,36-37,39H,7-8,10-18,20-23H2,1-4H3/t24-,25?,26-,28?,29?,30?,31-,33?,34+,35-/m1/s1. The molecule has 0 aliphatic heterocycles. The zero-order valence-corrected chi connectivity index (χ0v) is 26.2. The van der Waals surface area contributed by atoms with Crippen LogP contribution in [0.1, 0.15) is 104 Å². The lowest BCUT2D eigenvalue weighted by atomic mass is 9.43. The summed E-state index contributed by atoms with van der Waals surface area (Å²) < 4.78 is 4.92. The average Bonchev–Trinajstić information content (AvgIpc) is 3.33. The Bertz CT molecular complexity index is 990. The topological polar surface area (TPSA) is 83.5 Å². The molecule has 0 spiro atoms. The molecule has 0 aromatic carbocycles. The van der Waals surface area contributed by atoms with Crippen LogP contribution in [-0.4, -0.2) is 48.4 Å². The first-order valence-corrected chi connectivity index (χ1v) is 16.8. The van der Waals surface area contributed by atoms with E-state index in [-0.39, 0.29) is 12.1 Å². The van der Waals surface area contributed by atoms with Gasteiger partial charge < -0.3 is 20.5 Å².